The molecule has 3 amide bonds. The van der Waals surface area contributed by atoms with Gasteiger partial charge in [-0.05, 0) is 31.6 Å². The fraction of sp³-hybridized carbons (Fsp3) is 0.417. The number of hydrogen-bond donors (Lipinski definition) is 1. The Bertz CT molecular complexity index is 1050. The molecule has 2 heterocycles. The molecule has 1 aromatic carbocycles. The summed E-state index contributed by atoms with van der Waals surface area (Å²) in [6.45, 7) is 8.38. The highest BCUT2D eigenvalue weighted by atomic mass is 35.5. The maximum Gasteiger partial charge on any atom is 0.244 e. The molecule has 3 rings (SSSR count). The smallest absolute Gasteiger partial charge is 0.244 e. The van der Waals surface area contributed by atoms with Gasteiger partial charge in [0, 0.05) is 68.4 Å². The van der Waals surface area contributed by atoms with Gasteiger partial charge in [-0.2, -0.15) is 5.10 Å². The number of nitrogens with one attached hydrogen (secondary N) is 1. The molecular formula is C24H30ClN5O3. The number of aryl methyl sites for hydroxylation is 1. The first-order valence-electron chi connectivity index (χ1n) is 11.0. The van der Waals surface area contributed by atoms with Gasteiger partial charge in [0.1, 0.15) is 0 Å². The van der Waals surface area contributed by atoms with Crippen LogP contribution in [0.15, 0.2) is 30.3 Å². The summed E-state index contributed by atoms with van der Waals surface area (Å²) in [5.41, 5.74) is 3.63. The van der Waals surface area contributed by atoms with E-state index in [0.29, 0.717) is 37.7 Å². The fourth-order valence-corrected chi connectivity index (χ4v) is 4.03. The van der Waals surface area contributed by atoms with Gasteiger partial charge in [-0.3, -0.25) is 19.1 Å². The Morgan fingerprint density at radius 3 is 2.42 bits per heavy atom. The minimum Gasteiger partial charge on any atom is -0.352 e. The normalized spacial score (nSPS) is 14.1. The van der Waals surface area contributed by atoms with Gasteiger partial charge in [-0.25, -0.2) is 0 Å². The summed E-state index contributed by atoms with van der Waals surface area (Å²) >= 11 is 6.26. The summed E-state index contributed by atoms with van der Waals surface area (Å²) in [4.78, 5) is 39.4. The van der Waals surface area contributed by atoms with Crippen molar-refractivity contribution in [3.63, 3.8) is 0 Å². The first kappa shape index (κ1) is 24.5. The molecule has 0 unspecified atom stereocenters. The largest absolute Gasteiger partial charge is 0.352 e. The molecule has 0 saturated carbocycles. The molecule has 0 atom stereocenters. The highest BCUT2D eigenvalue weighted by molar-refractivity contribution is 6.31. The number of nitrogens with zero attached hydrogens (tertiary/aromatic N) is 4. The minimum absolute atomic E-state index is 0.0185. The van der Waals surface area contributed by atoms with Crippen LogP contribution in [0.3, 0.4) is 0 Å². The lowest BCUT2D eigenvalue weighted by Gasteiger charge is -2.34. The highest BCUT2D eigenvalue weighted by Gasteiger charge is 2.22. The van der Waals surface area contributed by atoms with Crippen molar-refractivity contribution >= 4 is 35.4 Å². The number of carbonyl (C=O) groups excluding carboxylic acids is 3. The number of carbonyl (C=O) groups is 3. The van der Waals surface area contributed by atoms with Crippen molar-refractivity contribution < 1.29 is 14.4 Å². The van der Waals surface area contributed by atoms with E-state index in [9.17, 15) is 14.4 Å². The average Bonchev–Trinajstić information content (AvgIpc) is 3.06. The van der Waals surface area contributed by atoms with Crippen molar-refractivity contribution in [3.05, 3.63) is 57.9 Å². The molecule has 33 heavy (non-hydrogen) atoms. The predicted octanol–water partition coefficient (Wildman–Crippen LogP) is 2.41. The highest BCUT2D eigenvalue weighted by Crippen LogP contribution is 2.20. The molecule has 0 spiro atoms. The van der Waals surface area contributed by atoms with Crippen molar-refractivity contribution in [3.8, 4) is 0 Å². The van der Waals surface area contributed by atoms with Crippen LogP contribution in [0.5, 0.6) is 0 Å². The number of rotatable bonds is 7. The number of hydrogen-bond acceptors (Lipinski definition) is 4. The van der Waals surface area contributed by atoms with Gasteiger partial charge in [-0.1, -0.05) is 29.8 Å². The van der Waals surface area contributed by atoms with E-state index in [0.717, 1.165) is 22.5 Å². The van der Waals surface area contributed by atoms with Gasteiger partial charge >= 0.3 is 0 Å². The van der Waals surface area contributed by atoms with E-state index in [1.165, 1.54) is 13.0 Å². The lowest BCUT2D eigenvalue weighted by atomic mass is 10.1. The van der Waals surface area contributed by atoms with Gasteiger partial charge in [0.15, 0.2) is 0 Å². The van der Waals surface area contributed by atoms with Gasteiger partial charge in [0.05, 0.1) is 12.2 Å². The fourth-order valence-electron chi connectivity index (χ4n) is 3.83. The second-order valence-electron chi connectivity index (χ2n) is 8.09. The molecule has 0 bridgehead atoms. The molecule has 2 aromatic rings. The zero-order valence-corrected chi connectivity index (χ0v) is 20.1. The quantitative estimate of drug-likeness (QED) is 0.628. The van der Waals surface area contributed by atoms with E-state index < -0.39 is 0 Å². The summed E-state index contributed by atoms with van der Waals surface area (Å²) in [6, 6.07) is 7.65. The van der Waals surface area contributed by atoms with Crippen molar-refractivity contribution in [2.75, 3.05) is 32.7 Å². The predicted molar refractivity (Wildman–Crippen MR) is 128 cm³/mol. The molecule has 1 fully saturated rings. The summed E-state index contributed by atoms with van der Waals surface area (Å²) in [5, 5.41) is 8.03. The van der Waals surface area contributed by atoms with Crippen molar-refractivity contribution in [2.45, 2.75) is 33.7 Å². The molecule has 176 valence electrons. The van der Waals surface area contributed by atoms with E-state index >= 15 is 0 Å². The Kier molecular flexibility index (Phi) is 8.27. The Labute approximate surface area is 199 Å². The summed E-state index contributed by atoms with van der Waals surface area (Å²) in [5.74, 6) is -0.252. The zero-order chi connectivity index (χ0) is 24.0. The standard InChI is InChI=1S/C24H30ClN5O3/c1-17-21(18(2)30(27-17)16-20-6-4-5-7-22(20)25)8-9-23(32)26-11-10-24(33)29-14-12-28(13-15-29)19(3)31/h4-9H,10-16H2,1-3H3,(H,26,32)/b9-8+. The van der Waals surface area contributed by atoms with Crippen molar-refractivity contribution in [1.82, 2.24) is 24.9 Å². The number of halogens is 1. The molecule has 9 heteroatoms. The lowest BCUT2D eigenvalue weighted by molar-refractivity contribution is -0.138. The summed E-state index contributed by atoms with van der Waals surface area (Å²) in [6.07, 6.45) is 3.44. The van der Waals surface area contributed by atoms with Gasteiger partial charge in [0.25, 0.3) is 0 Å². The van der Waals surface area contributed by atoms with Crippen LogP contribution in [0.2, 0.25) is 5.02 Å². The average molecular weight is 472 g/mol. The third-order valence-corrected chi connectivity index (χ3v) is 6.20. The van der Waals surface area contributed by atoms with Crippen LogP contribution in [-0.4, -0.2) is 70.0 Å². The van der Waals surface area contributed by atoms with Crippen LogP contribution in [0.1, 0.15) is 35.9 Å². The molecule has 1 aromatic heterocycles. The van der Waals surface area contributed by atoms with Crippen LogP contribution in [-0.2, 0) is 20.9 Å². The zero-order valence-electron chi connectivity index (χ0n) is 19.3. The van der Waals surface area contributed by atoms with E-state index in [-0.39, 0.29) is 30.7 Å². The van der Waals surface area contributed by atoms with Gasteiger partial charge < -0.3 is 15.1 Å². The van der Waals surface area contributed by atoms with E-state index in [2.05, 4.69) is 10.4 Å². The van der Waals surface area contributed by atoms with Gasteiger partial charge in [-0.15, -0.1) is 0 Å². The number of aromatic nitrogens is 2. The topological polar surface area (TPSA) is 87.5 Å². The van der Waals surface area contributed by atoms with Gasteiger partial charge in [0.2, 0.25) is 17.7 Å². The third kappa shape index (κ3) is 6.44. The first-order chi connectivity index (χ1) is 15.8. The molecule has 1 aliphatic rings. The summed E-state index contributed by atoms with van der Waals surface area (Å²) in [7, 11) is 0. The number of benzene rings is 1. The number of amides is 3. The molecule has 8 nitrogen and oxygen atoms in total. The minimum atomic E-state index is -0.262. The van der Waals surface area contributed by atoms with Crippen LogP contribution in [0.4, 0.5) is 0 Å². The van der Waals surface area contributed by atoms with Crippen molar-refractivity contribution in [1.29, 1.82) is 0 Å². The molecule has 1 N–H and O–H groups in total. The first-order valence-corrected chi connectivity index (χ1v) is 11.4. The lowest BCUT2D eigenvalue weighted by Crippen LogP contribution is -2.50. The molecule has 1 saturated heterocycles. The summed E-state index contributed by atoms with van der Waals surface area (Å²) < 4.78 is 1.87. The van der Waals surface area contributed by atoms with Crippen LogP contribution in [0, 0.1) is 13.8 Å². The van der Waals surface area contributed by atoms with E-state index in [1.807, 2.05) is 42.8 Å². The second kappa shape index (κ2) is 11.1. The maximum absolute atomic E-state index is 12.3. The molecule has 1 aliphatic heterocycles. The molecule has 0 radical (unpaired) electrons. The Hall–Kier alpha value is -3.13. The molecular weight excluding hydrogens is 442 g/mol. The van der Waals surface area contributed by atoms with Crippen molar-refractivity contribution in [2.24, 2.45) is 0 Å². The molecule has 0 aliphatic carbocycles. The SMILES string of the molecule is CC(=O)N1CCN(C(=O)CCNC(=O)/C=C/c2c(C)nn(Cc3ccccc3Cl)c2C)CC1. The van der Waals surface area contributed by atoms with E-state index in [1.54, 1.807) is 15.9 Å². The van der Waals surface area contributed by atoms with Crippen LogP contribution in [0.25, 0.3) is 6.08 Å². The monoisotopic (exact) mass is 471 g/mol. The van der Waals surface area contributed by atoms with Crippen LogP contribution >= 0.6 is 11.6 Å². The van der Waals surface area contributed by atoms with Crippen LogP contribution < -0.4 is 5.32 Å². The Morgan fingerprint density at radius 1 is 1.09 bits per heavy atom. The third-order valence-electron chi connectivity index (χ3n) is 5.83. The Balaban J connectivity index is 1.49. The second-order valence-corrected chi connectivity index (χ2v) is 8.50. The maximum atomic E-state index is 12.3. The number of piperazine rings is 1. The van der Waals surface area contributed by atoms with E-state index in [4.69, 9.17) is 11.6 Å². The Morgan fingerprint density at radius 2 is 1.76 bits per heavy atom.